The number of aryl methyl sites for hydroxylation is 1. The predicted octanol–water partition coefficient (Wildman–Crippen LogP) is 8.81. The summed E-state index contributed by atoms with van der Waals surface area (Å²) in [5.41, 5.74) is 7.50. The number of nitrogens with zero attached hydrogens (tertiary/aromatic N) is 9. The number of alkyl halides is 2. The molecule has 4 aliphatic rings. The lowest BCUT2D eigenvalue weighted by molar-refractivity contribution is -0.136. The molecular weight excluding hydrogens is 1060 g/mol. The molecule has 3 fully saturated rings. The van der Waals surface area contributed by atoms with Crippen molar-refractivity contribution < 1.29 is 37.9 Å². The standard InChI is InChI=1S/C62H69F2N11O6S/c1-36-31-71(32-37(2)75(36)34-53(77)73-26-24-72(25-27-73)41-18-19-44-49(28-41)70(7)69-55(44)45-20-21-52(76)67-58(45)79)35-62(63,64)30-40-13-11-14-42(38(40)3)54-47(61(4,5)6)29-51(66-56(54)59(80)81)74-23-22-39-12-10-15-43(46(39)33-74)57(78)68-60-65-48-16-8-9-17-50(48)82-60/h8-19,28-29,36-37,45H,20-27,30-35H2,1-7H3,(H,80,81)(H,65,68,78)(H,67,76,79)/t36-,37+,45?. The lowest BCUT2D eigenvalue weighted by Gasteiger charge is -2.46. The number of halogens is 2. The van der Waals surface area contributed by atoms with E-state index < -0.39 is 36.2 Å². The van der Waals surface area contributed by atoms with Crippen LogP contribution in [0.15, 0.2) is 84.9 Å². The first-order chi connectivity index (χ1) is 39.1. The van der Waals surface area contributed by atoms with Gasteiger partial charge >= 0.3 is 5.97 Å². The van der Waals surface area contributed by atoms with Crippen molar-refractivity contribution in [3.8, 4) is 11.1 Å². The highest BCUT2D eigenvalue weighted by Gasteiger charge is 2.40. The zero-order valence-electron chi connectivity index (χ0n) is 47.4. The van der Waals surface area contributed by atoms with E-state index in [9.17, 15) is 29.1 Å². The van der Waals surface area contributed by atoms with E-state index in [0.717, 1.165) is 37.9 Å². The Labute approximate surface area is 479 Å². The quantitative estimate of drug-likeness (QED) is 0.0931. The number of carboxylic acid groups (broad SMARTS) is 1. The number of thiazole rings is 1. The number of hydrogen-bond donors (Lipinski definition) is 3. The lowest BCUT2D eigenvalue weighted by atomic mass is 9.79. The van der Waals surface area contributed by atoms with Crippen LogP contribution in [0.2, 0.25) is 0 Å². The number of anilines is 3. The number of carbonyl (C=O) groups is 5. The molecule has 20 heteroatoms. The molecular formula is C62H69F2N11O6S. The highest BCUT2D eigenvalue weighted by atomic mass is 32.1. The van der Waals surface area contributed by atoms with E-state index in [1.165, 1.54) is 11.3 Å². The number of benzene rings is 4. The number of piperidine rings is 1. The summed E-state index contributed by atoms with van der Waals surface area (Å²) in [7, 11) is 1.85. The Morgan fingerprint density at radius 2 is 1.61 bits per heavy atom. The Morgan fingerprint density at radius 3 is 2.33 bits per heavy atom. The molecule has 82 heavy (non-hydrogen) atoms. The number of carbonyl (C=O) groups excluding carboxylic acids is 4. The van der Waals surface area contributed by atoms with E-state index in [0.29, 0.717) is 115 Å². The number of nitrogens with one attached hydrogen (secondary N) is 2. The monoisotopic (exact) mass is 1130 g/mol. The minimum atomic E-state index is -3.14. The van der Waals surface area contributed by atoms with Gasteiger partial charge in [-0.05, 0) is 115 Å². The van der Waals surface area contributed by atoms with Gasteiger partial charge < -0.3 is 19.8 Å². The van der Waals surface area contributed by atoms with Crippen LogP contribution in [0.25, 0.3) is 32.2 Å². The first-order valence-corrected chi connectivity index (χ1v) is 29.0. The Morgan fingerprint density at radius 1 is 0.866 bits per heavy atom. The molecule has 0 saturated carbocycles. The van der Waals surface area contributed by atoms with Crippen molar-refractivity contribution in [2.45, 2.75) is 103 Å². The summed E-state index contributed by atoms with van der Waals surface area (Å²) in [4.78, 5) is 85.0. The van der Waals surface area contributed by atoms with Crippen LogP contribution in [0.3, 0.4) is 0 Å². The van der Waals surface area contributed by atoms with Crippen LogP contribution in [0, 0.1) is 6.92 Å². The van der Waals surface area contributed by atoms with Crippen LogP contribution in [0.5, 0.6) is 0 Å². The van der Waals surface area contributed by atoms with Gasteiger partial charge in [0.15, 0.2) is 10.8 Å². The number of amides is 4. The van der Waals surface area contributed by atoms with Crippen molar-refractivity contribution in [1.82, 2.24) is 39.8 Å². The molecule has 4 aliphatic heterocycles. The number of hydrogen-bond acceptors (Lipinski definition) is 13. The summed E-state index contributed by atoms with van der Waals surface area (Å²) in [5.74, 6) is -5.29. The van der Waals surface area contributed by atoms with Crippen molar-refractivity contribution in [1.29, 1.82) is 0 Å². The molecule has 0 spiro atoms. The molecule has 4 amide bonds. The van der Waals surface area contributed by atoms with E-state index >= 15 is 8.78 Å². The molecule has 0 bridgehead atoms. The zero-order chi connectivity index (χ0) is 57.9. The molecule has 7 heterocycles. The fourth-order valence-corrected chi connectivity index (χ4v) is 13.5. The average molecular weight is 1130 g/mol. The van der Waals surface area contributed by atoms with Crippen LogP contribution in [-0.2, 0) is 46.2 Å². The van der Waals surface area contributed by atoms with E-state index in [4.69, 9.17) is 4.98 Å². The van der Waals surface area contributed by atoms with Gasteiger partial charge in [-0.2, -0.15) is 5.10 Å². The second kappa shape index (κ2) is 22.2. The SMILES string of the molecule is Cc1c(CC(F)(F)CN2C[C@@H](C)N(CC(=O)N3CCN(c4ccc5c(C6CCC(=O)NC6=O)nn(C)c5c4)CC3)[C@@H](C)C2)cccc1-c1c(C(C)(C)C)cc(N2CCc3cccc(C(=O)Nc4nc5ccccc5s4)c3C2)nc1C(=O)O. The maximum atomic E-state index is 16.6. The van der Waals surface area contributed by atoms with Crippen molar-refractivity contribution in [2.75, 3.05) is 74.0 Å². The van der Waals surface area contributed by atoms with Crippen LogP contribution in [0.1, 0.15) is 108 Å². The molecule has 0 aliphatic carbocycles. The molecule has 3 N–H and O–H groups in total. The van der Waals surface area contributed by atoms with E-state index in [1.54, 1.807) is 40.8 Å². The maximum absolute atomic E-state index is 16.6. The molecule has 17 nitrogen and oxygen atoms in total. The number of para-hydroxylation sites is 1. The number of rotatable bonds is 13. The highest BCUT2D eigenvalue weighted by Crippen LogP contribution is 2.42. The van der Waals surface area contributed by atoms with Gasteiger partial charge in [-0.15, -0.1) is 0 Å². The number of aromatic carboxylic acids is 1. The summed E-state index contributed by atoms with van der Waals surface area (Å²) >= 11 is 1.40. The third-order valence-electron chi connectivity index (χ3n) is 16.9. The van der Waals surface area contributed by atoms with Crippen LogP contribution in [0.4, 0.5) is 25.4 Å². The van der Waals surface area contributed by atoms with Gasteiger partial charge in [0.1, 0.15) is 5.82 Å². The molecule has 3 saturated heterocycles. The summed E-state index contributed by atoms with van der Waals surface area (Å²) in [5, 5.41) is 22.4. The zero-order valence-corrected chi connectivity index (χ0v) is 48.2. The van der Waals surface area contributed by atoms with Gasteiger partial charge in [-0.3, -0.25) is 44.3 Å². The lowest BCUT2D eigenvalue weighted by Crippen LogP contribution is -2.61. The number of piperazine rings is 2. The largest absolute Gasteiger partial charge is 0.476 e. The third-order valence-corrected chi connectivity index (χ3v) is 17.9. The molecule has 4 aromatic carbocycles. The summed E-state index contributed by atoms with van der Waals surface area (Å²) < 4.78 is 35.8. The Kier molecular flexibility index (Phi) is 15.2. The second-order valence-electron chi connectivity index (χ2n) is 23.6. The van der Waals surface area contributed by atoms with Crippen LogP contribution in [-0.4, -0.2) is 146 Å². The first kappa shape index (κ1) is 56.2. The summed E-state index contributed by atoms with van der Waals surface area (Å²) in [6.45, 7) is 15.3. The molecule has 0 radical (unpaired) electrons. The van der Waals surface area contributed by atoms with Crippen molar-refractivity contribution in [3.63, 3.8) is 0 Å². The Hall–Kier alpha value is -7.68. The predicted molar refractivity (Wildman–Crippen MR) is 314 cm³/mol. The minimum absolute atomic E-state index is 0.00325. The molecule has 3 atom stereocenters. The molecule has 428 valence electrons. The third kappa shape index (κ3) is 11.3. The average Bonchev–Trinajstić information content (AvgIpc) is 4.13. The number of pyridine rings is 1. The van der Waals surface area contributed by atoms with E-state index in [1.807, 2.05) is 106 Å². The highest BCUT2D eigenvalue weighted by molar-refractivity contribution is 7.22. The van der Waals surface area contributed by atoms with Crippen LogP contribution < -0.4 is 20.4 Å². The Bertz CT molecular complexity index is 3630. The van der Waals surface area contributed by atoms with Crippen molar-refractivity contribution in [2.24, 2.45) is 7.05 Å². The summed E-state index contributed by atoms with van der Waals surface area (Å²) in [6, 6.07) is 26.2. The normalized spacial score (nSPS) is 19.4. The van der Waals surface area contributed by atoms with Crippen molar-refractivity contribution >= 4 is 78.7 Å². The van der Waals surface area contributed by atoms with E-state index in [-0.39, 0.29) is 54.4 Å². The van der Waals surface area contributed by atoms with Gasteiger partial charge in [0.2, 0.25) is 17.7 Å². The minimum Gasteiger partial charge on any atom is -0.476 e. The molecule has 11 rings (SSSR count). The maximum Gasteiger partial charge on any atom is 0.355 e. The number of fused-ring (bicyclic) bond motifs is 3. The number of imide groups is 1. The van der Waals surface area contributed by atoms with Crippen molar-refractivity contribution in [3.05, 3.63) is 130 Å². The fraction of sp³-hybridized carbons (Fsp3) is 0.419. The smallest absolute Gasteiger partial charge is 0.355 e. The molecule has 1 unspecified atom stereocenters. The van der Waals surface area contributed by atoms with Gasteiger partial charge in [0.25, 0.3) is 11.8 Å². The number of aromatic nitrogens is 4. The number of carboxylic acids is 1. The van der Waals surface area contributed by atoms with Gasteiger partial charge in [0.05, 0.1) is 40.4 Å². The summed E-state index contributed by atoms with van der Waals surface area (Å²) in [6.07, 6.45) is 0.739. The van der Waals surface area contributed by atoms with Gasteiger partial charge in [-0.25, -0.2) is 23.5 Å². The van der Waals surface area contributed by atoms with Gasteiger partial charge in [0, 0.05) is 107 Å². The fourth-order valence-electron chi connectivity index (χ4n) is 12.7. The van der Waals surface area contributed by atoms with E-state index in [2.05, 4.69) is 36.6 Å². The van der Waals surface area contributed by atoms with Gasteiger partial charge in [-0.1, -0.05) is 74.6 Å². The second-order valence-corrected chi connectivity index (χ2v) is 24.7. The molecule has 3 aromatic heterocycles. The molecule has 7 aromatic rings. The first-order valence-electron chi connectivity index (χ1n) is 28.2. The topological polar surface area (TPSA) is 189 Å². The van der Waals surface area contributed by atoms with Crippen LogP contribution >= 0.6 is 11.3 Å². The Balaban J connectivity index is 0.732.